The van der Waals surface area contributed by atoms with Gasteiger partial charge in [-0.15, -0.1) is 5.10 Å². The first-order valence-electron chi connectivity index (χ1n) is 8.35. The van der Waals surface area contributed by atoms with Crippen LogP contribution in [0.3, 0.4) is 0 Å². The number of anilines is 1. The number of hydrogen-bond donors (Lipinski definition) is 1. The van der Waals surface area contributed by atoms with E-state index in [1.165, 1.54) is 22.3 Å². The van der Waals surface area contributed by atoms with E-state index in [1.807, 2.05) is 12.3 Å². The third-order valence-electron chi connectivity index (χ3n) is 4.25. The van der Waals surface area contributed by atoms with Gasteiger partial charge in [0, 0.05) is 40.1 Å². The van der Waals surface area contributed by atoms with Crippen LogP contribution in [0.1, 0.15) is 29.5 Å². The molecule has 25 heavy (non-hydrogen) atoms. The summed E-state index contributed by atoms with van der Waals surface area (Å²) in [7, 11) is 0. The number of hydrogen-bond acceptors (Lipinski definition) is 4. The molecule has 0 fully saturated rings. The van der Waals surface area contributed by atoms with Crippen molar-refractivity contribution in [3.63, 3.8) is 0 Å². The van der Waals surface area contributed by atoms with Crippen LogP contribution in [-0.4, -0.2) is 11.3 Å². The number of aryl methyl sites for hydroxylation is 1. The van der Waals surface area contributed by atoms with E-state index in [0.717, 1.165) is 34.2 Å². The Morgan fingerprint density at radius 2 is 1.96 bits per heavy atom. The van der Waals surface area contributed by atoms with E-state index in [9.17, 15) is 0 Å². The van der Waals surface area contributed by atoms with E-state index in [2.05, 4.69) is 71.5 Å². The quantitative estimate of drug-likeness (QED) is 0.768. The topological polar surface area (TPSA) is 36.8 Å². The second-order valence-corrected chi connectivity index (χ2v) is 7.24. The van der Waals surface area contributed by atoms with Gasteiger partial charge in [-0.05, 0) is 30.5 Å². The number of fused-ring (bicyclic) bond motifs is 1. The summed E-state index contributed by atoms with van der Waals surface area (Å²) in [5.74, 6) is 0. The lowest BCUT2D eigenvalue weighted by Crippen LogP contribution is -2.13. The van der Waals surface area contributed by atoms with Crippen molar-refractivity contribution in [2.45, 2.75) is 19.8 Å². The fraction of sp³-hybridized carbons (Fsp3) is 0.143. The van der Waals surface area contributed by atoms with Gasteiger partial charge in [0.15, 0.2) is 0 Å². The van der Waals surface area contributed by atoms with E-state index in [4.69, 9.17) is 0 Å². The fourth-order valence-electron chi connectivity index (χ4n) is 3.07. The molecule has 0 atom stereocenters. The highest BCUT2D eigenvalue weighted by molar-refractivity contribution is 8.17. The second-order valence-electron chi connectivity index (χ2n) is 6.16. The standard InChI is InChI=1S/C21H19N3S/c1-14-10-11-17-18(13-14)23-15(2)21(25-19-9-6-12-22-24-19)20(17)16-7-4-3-5-8-16/h3-5,7-8,10-13,23H,2,6,9H2,1H3. The molecule has 0 bridgehead atoms. The average molecular weight is 345 g/mol. The first-order valence-corrected chi connectivity index (χ1v) is 9.17. The van der Waals surface area contributed by atoms with Crippen LogP contribution in [0.15, 0.2) is 75.9 Å². The van der Waals surface area contributed by atoms with Gasteiger partial charge in [-0.2, -0.15) is 5.10 Å². The molecule has 4 rings (SSSR count). The van der Waals surface area contributed by atoms with Crippen LogP contribution >= 0.6 is 11.8 Å². The van der Waals surface area contributed by atoms with Gasteiger partial charge in [-0.3, -0.25) is 0 Å². The molecule has 2 heterocycles. The molecule has 2 aromatic rings. The summed E-state index contributed by atoms with van der Waals surface area (Å²) < 4.78 is 0. The van der Waals surface area contributed by atoms with Gasteiger partial charge >= 0.3 is 0 Å². The minimum atomic E-state index is 0.916. The minimum Gasteiger partial charge on any atom is -0.355 e. The van der Waals surface area contributed by atoms with Crippen LogP contribution in [0, 0.1) is 6.92 Å². The summed E-state index contributed by atoms with van der Waals surface area (Å²) in [5.41, 5.74) is 6.86. The summed E-state index contributed by atoms with van der Waals surface area (Å²) >= 11 is 1.67. The normalized spacial score (nSPS) is 16.4. The van der Waals surface area contributed by atoms with Gasteiger partial charge in [0.1, 0.15) is 5.04 Å². The van der Waals surface area contributed by atoms with E-state index in [-0.39, 0.29) is 0 Å². The molecule has 0 saturated carbocycles. The second kappa shape index (κ2) is 6.73. The van der Waals surface area contributed by atoms with Crippen molar-refractivity contribution in [1.82, 2.24) is 0 Å². The highest BCUT2D eigenvalue weighted by atomic mass is 32.2. The Labute approximate surface area is 152 Å². The highest BCUT2D eigenvalue weighted by Crippen LogP contribution is 2.44. The fourth-order valence-corrected chi connectivity index (χ4v) is 4.11. The van der Waals surface area contributed by atoms with Crippen LogP contribution in [-0.2, 0) is 0 Å². The van der Waals surface area contributed by atoms with Gasteiger partial charge in [-0.1, -0.05) is 60.8 Å². The number of benzene rings is 2. The van der Waals surface area contributed by atoms with Crippen molar-refractivity contribution >= 4 is 34.3 Å². The Morgan fingerprint density at radius 1 is 1.12 bits per heavy atom. The predicted molar refractivity (Wildman–Crippen MR) is 109 cm³/mol. The van der Waals surface area contributed by atoms with E-state index in [0.29, 0.717) is 0 Å². The van der Waals surface area contributed by atoms with Crippen molar-refractivity contribution < 1.29 is 0 Å². The predicted octanol–water partition coefficient (Wildman–Crippen LogP) is 5.60. The molecule has 0 radical (unpaired) electrons. The smallest absolute Gasteiger partial charge is 0.101 e. The summed E-state index contributed by atoms with van der Waals surface area (Å²) in [6.45, 7) is 6.39. The Hall–Kier alpha value is -2.59. The summed E-state index contributed by atoms with van der Waals surface area (Å²) in [5, 5.41) is 12.9. The molecule has 2 aliphatic heterocycles. The third kappa shape index (κ3) is 3.17. The zero-order valence-electron chi connectivity index (χ0n) is 14.1. The number of nitrogens with zero attached hydrogens (tertiary/aromatic N) is 2. The van der Waals surface area contributed by atoms with Gasteiger partial charge in [0.05, 0.1) is 0 Å². The SMILES string of the molecule is C=C1Nc2cc(C)ccc2C(c2ccccc2)=C1SC1=NN=CCC1. The summed E-state index contributed by atoms with van der Waals surface area (Å²) in [6, 6.07) is 17.0. The monoisotopic (exact) mass is 345 g/mol. The molecule has 1 N–H and O–H groups in total. The molecule has 0 saturated heterocycles. The van der Waals surface area contributed by atoms with Crippen molar-refractivity contribution in [3.05, 3.63) is 82.4 Å². The lowest BCUT2D eigenvalue weighted by Gasteiger charge is -2.27. The van der Waals surface area contributed by atoms with Crippen molar-refractivity contribution in [2.75, 3.05) is 5.32 Å². The highest BCUT2D eigenvalue weighted by Gasteiger charge is 2.24. The van der Waals surface area contributed by atoms with Gasteiger partial charge in [-0.25, -0.2) is 0 Å². The van der Waals surface area contributed by atoms with E-state index >= 15 is 0 Å². The lowest BCUT2D eigenvalue weighted by molar-refractivity contribution is 1.08. The van der Waals surface area contributed by atoms with Crippen molar-refractivity contribution in [2.24, 2.45) is 10.2 Å². The van der Waals surface area contributed by atoms with Gasteiger partial charge in [0.25, 0.3) is 0 Å². The number of thioether (sulfide) groups is 1. The maximum atomic E-state index is 4.30. The first-order chi connectivity index (χ1) is 12.2. The number of rotatable bonds is 2. The summed E-state index contributed by atoms with van der Waals surface area (Å²) in [4.78, 5) is 1.12. The lowest BCUT2D eigenvalue weighted by atomic mass is 9.92. The first kappa shape index (κ1) is 15.9. The van der Waals surface area contributed by atoms with Crippen LogP contribution in [0.25, 0.3) is 5.57 Å². The maximum Gasteiger partial charge on any atom is 0.101 e. The average Bonchev–Trinajstić information content (AvgIpc) is 2.64. The Morgan fingerprint density at radius 3 is 2.72 bits per heavy atom. The largest absolute Gasteiger partial charge is 0.355 e. The van der Waals surface area contributed by atoms with Crippen LogP contribution in [0.4, 0.5) is 5.69 Å². The van der Waals surface area contributed by atoms with Gasteiger partial charge in [0.2, 0.25) is 0 Å². The van der Waals surface area contributed by atoms with E-state index < -0.39 is 0 Å². The minimum absolute atomic E-state index is 0.916. The molecule has 0 amide bonds. The van der Waals surface area contributed by atoms with Gasteiger partial charge < -0.3 is 5.32 Å². The molecule has 2 aromatic carbocycles. The van der Waals surface area contributed by atoms with Crippen LogP contribution in [0.2, 0.25) is 0 Å². The number of nitrogens with one attached hydrogen (secondary N) is 1. The molecule has 0 unspecified atom stereocenters. The molecule has 0 aromatic heterocycles. The third-order valence-corrected chi connectivity index (χ3v) is 5.43. The molecular formula is C21H19N3S. The molecule has 4 heteroatoms. The molecule has 124 valence electrons. The van der Waals surface area contributed by atoms with Crippen molar-refractivity contribution in [1.29, 1.82) is 0 Å². The Kier molecular flexibility index (Phi) is 4.28. The molecular weight excluding hydrogens is 326 g/mol. The Balaban J connectivity index is 1.90. The molecule has 0 aliphatic carbocycles. The zero-order chi connectivity index (χ0) is 17.2. The van der Waals surface area contributed by atoms with E-state index in [1.54, 1.807) is 11.8 Å². The summed E-state index contributed by atoms with van der Waals surface area (Å²) in [6.07, 6.45) is 3.73. The zero-order valence-corrected chi connectivity index (χ0v) is 14.9. The molecule has 2 aliphatic rings. The Bertz CT molecular complexity index is 923. The van der Waals surface area contributed by atoms with Crippen molar-refractivity contribution in [3.8, 4) is 0 Å². The maximum absolute atomic E-state index is 4.30. The van der Waals surface area contributed by atoms with Crippen LogP contribution in [0.5, 0.6) is 0 Å². The molecule has 3 nitrogen and oxygen atoms in total. The van der Waals surface area contributed by atoms with Crippen LogP contribution < -0.4 is 5.32 Å². The molecule has 0 spiro atoms.